The van der Waals surface area contributed by atoms with Crippen molar-refractivity contribution in [2.45, 2.75) is 33.2 Å². The van der Waals surface area contributed by atoms with Gasteiger partial charge < -0.3 is 14.5 Å². The molecule has 1 fully saturated rings. The van der Waals surface area contributed by atoms with Crippen LogP contribution in [0.4, 0.5) is 11.6 Å². The van der Waals surface area contributed by atoms with Crippen LogP contribution in [0, 0.1) is 0 Å². The van der Waals surface area contributed by atoms with Gasteiger partial charge in [0.15, 0.2) is 6.54 Å². The van der Waals surface area contributed by atoms with E-state index in [0.717, 1.165) is 49.1 Å². The second-order valence-electron chi connectivity index (χ2n) is 8.78. The number of carbonyl (C=O) groups excluding carboxylic acids is 1. The van der Waals surface area contributed by atoms with E-state index in [4.69, 9.17) is 4.74 Å². The maximum atomic E-state index is 13.5. The van der Waals surface area contributed by atoms with Crippen molar-refractivity contribution in [1.82, 2.24) is 9.97 Å². The van der Waals surface area contributed by atoms with Gasteiger partial charge in [0.2, 0.25) is 5.95 Å². The molecule has 0 bridgehead atoms. The first-order valence-electron chi connectivity index (χ1n) is 11.0. The number of anilines is 2. The zero-order valence-electron chi connectivity index (χ0n) is 18.9. The molecule has 1 aromatic heterocycles. The minimum absolute atomic E-state index is 0.151. The first-order chi connectivity index (χ1) is 14.9. The third-order valence-corrected chi connectivity index (χ3v) is 6.05. The van der Waals surface area contributed by atoms with Gasteiger partial charge in [-0.15, -0.1) is 0 Å². The normalized spacial score (nSPS) is 18.4. The maximum absolute atomic E-state index is 13.5. The predicted octanol–water partition coefficient (Wildman–Crippen LogP) is 1.81. The molecule has 31 heavy (non-hydrogen) atoms. The average Bonchev–Trinajstić information content (AvgIpc) is 2.75. The Morgan fingerprint density at radius 2 is 1.90 bits per heavy atom. The molecule has 1 aromatic carbocycles. The molecule has 3 heterocycles. The number of nitrogens with one attached hydrogen (secondary N) is 1. The summed E-state index contributed by atoms with van der Waals surface area (Å²) in [6, 6.07) is 7.86. The second kappa shape index (κ2) is 8.67. The summed E-state index contributed by atoms with van der Waals surface area (Å²) in [7, 11) is 0. The summed E-state index contributed by atoms with van der Waals surface area (Å²) < 4.78 is 5.69. The fraction of sp³-hybridized carbons (Fsp3) is 0.458. The second-order valence-corrected chi connectivity index (χ2v) is 8.78. The Kier molecular flexibility index (Phi) is 5.96. The highest BCUT2D eigenvalue weighted by Gasteiger charge is 2.37. The molecule has 7 nitrogen and oxygen atoms in total. The average molecular weight is 423 g/mol. The number of rotatable bonds is 5. The van der Waals surface area contributed by atoms with Crippen molar-refractivity contribution < 1.29 is 14.4 Å². The van der Waals surface area contributed by atoms with E-state index in [0.29, 0.717) is 13.2 Å². The summed E-state index contributed by atoms with van der Waals surface area (Å²) in [5.41, 5.74) is 2.84. The van der Waals surface area contributed by atoms with E-state index in [9.17, 15) is 4.79 Å². The van der Waals surface area contributed by atoms with Crippen LogP contribution in [0.15, 0.2) is 42.7 Å². The monoisotopic (exact) mass is 422 g/mol. The highest BCUT2D eigenvalue weighted by atomic mass is 16.5. The standard InChI is InChI=1S/C24H31N5O2/c1-5-31-19-7-8-21-20(15-19)18(2)16-24(3,4)29(21)22(30)17-27-11-13-28(14-12-27)23-25-9-6-10-26-23/h6-10,15-16H,5,11-14,17H2,1-4H3/p+1. The summed E-state index contributed by atoms with van der Waals surface area (Å²) in [4.78, 5) is 27.7. The third kappa shape index (κ3) is 4.42. The van der Waals surface area contributed by atoms with Crippen LogP contribution in [0.25, 0.3) is 5.57 Å². The van der Waals surface area contributed by atoms with E-state index < -0.39 is 0 Å². The number of fused-ring (bicyclic) bond motifs is 1. The molecule has 2 aromatic rings. The van der Waals surface area contributed by atoms with E-state index in [2.05, 4.69) is 41.7 Å². The molecule has 0 saturated carbocycles. The molecule has 0 aliphatic carbocycles. The fourth-order valence-electron chi connectivity index (χ4n) is 4.67. The van der Waals surface area contributed by atoms with Gasteiger partial charge in [-0.25, -0.2) is 9.97 Å². The smallest absolute Gasteiger partial charge is 0.282 e. The van der Waals surface area contributed by atoms with E-state index in [1.165, 1.54) is 10.5 Å². The minimum Gasteiger partial charge on any atom is -0.494 e. The Bertz CT molecular complexity index is 965. The number of allylic oxidation sites excluding steroid dienone is 1. The lowest BCUT2D eigenvalue weighted by Gasteiger charge is -2.42. The van der Waals surface area contributed by atoms with Crippen molar-refractivity contribution in [3.8, 4) is 5.75 Å². The summed E-state index contributed by atoms with van der Waals surface area (Å²) >= 11 is 0. The molecule has 1 saturated heterocycles. The number of carbonyl (C=O) groups is 1. The Hall–Kier alpha value is -2.93. The van der Waals surface area contributed by atoms with Gasteiger partial charge >= 0.3 is 0 Å². The number of aromatic nitrogens is 2. The zero-order valence-corrected chi connectivity index (χ0v) is 18.9. The van der Waals surface area contributed by atoms with Gasteiger partial charge in [-0.3, -0.25) is 9.69 Å². The van der Waals surface area contributed by atoms with Crippen LogP contribution in [0.5, 0.6) is 5.75 Å². The Balaban J connectivity index is 1.48. The lowest BCUT2D eigenvalue weighted by Crippen LogP contribution is -3.16. The molecule has 1 amide bonds. The molecule has 0 unspecified atom stereocenters. The van der Waals surface area contributed by atoms with Gasteiger partial charge in [0.1, 0.15) is 5.75 Å². The zero-order chi connectivity index (χ0) is 22.0. The van der Waals surface area contributed by atoms with Gasteiger partial charge in [-0.05, 0) is 57.5 Å². The highest BCUT2D eigenvalue weighted by molar-refractivity contribution is 6.01. The van der Waals surface area contributed by atoms with Gasteiger partial charge in [0.25, 0.3) is 5.91 Å². The largest absolute Gasteiger partial charge is 0.494 e. The molecule has 0 radical (unpaired) electrons. The van der Waals surface area contributed by atoms with Crippen molar-refractivity contribution in [3.05, 3.63) is 48.3 Å². The topological polar surface area (TPSA) is 63.0 Å². The number of quaternary nitrogens is 1. The van der Waals surface area contributed by atoms with E-state index >= 15 is 0 Å². The van der Waals surface area contributed by atoms with Crippen LogP contribution in [0.2, 0.25) is 0 Å². The van der Waals surface area contributed by atoms with Crippen molar-refractivity contribution in [1.29, 1.82) is 0 Å². The van der Waals surface area contributed by atoms with E-state index in [1.807, 2.05) is 36.1 Å². The van der Waals surface area contributed by atoms with Crippen molar-refractivity contribution in [2.75, 3.05) is 49.1 Å². The quantitative estimate of drug-likeness (QED) is 0.796. The molecule has 164 valence electrons. The molecular formula is C24H32N5O2+. The number of hydrogen-bond acceptors (Lipinski definition) is 5. The van der Waals surface area contributed by atoms with Crippen molar-refractivity contribution >= 4 is 23.1 Å². The SMILES string of the molecule is CCOc1ccc2c(c1)C(C)=CC(C)(C)N2C(=O)C[NH+]1CCN(c2ncccn2)CC1. The minimum atomic E-state index is -0.375. The van der Waals surface area contributed by atoms with E-state index in [-0.39, 0.29) is 11.4 Å². The Morgan fingerprint density at radius 3 is 2.58 bits per heavy atom. The number of hydrogen-bond donors (Lipinski definition) is 1. The van der Waals surface area contributed by atoms with Crippen LogP contribution in [0.1, 0.15) is 33.3 Å². The molecule has 1 N–H and O–H groups in total. The summed E-state index contributed by atoms with van der Waals surface area (Å²) in [6.45, 7) is 12.9. The molecule has 7 heteroatoms. The van der Waals surface area contributed by atoms with Crippen LogP contribution in [-0.2, 0) is 4.79 Å². The number of piperazine rings is 1. The molecule has 0 spiro atoms. The van der Waals surface area contributed by atoms with Crippen LogP contribution in [0.3, 0.4) is 0 Å². The Labute approximate surface area is 184 Å². The van der Waals surface area contributed by atoms with Gasteiger partial charge in [-0.1, -0.05) is 6.08 Å². The number of ether oxygens (including phenoxy) is 1. The molecule has 4 rings (SSSR count). The summed E-state index contributed by atoms with van der Waals surface area (Å²) in [5, 5.41) is 0. The number of nitrogens with zero attached hydrogens (tertiary/aromatic N) is 4. The fourth-order valence-corrected chi connectivity index (χ4v) is 4.67. The lowest BCUT2D eigenvalue weighted by molar-refractivity contribution is -0.892. The summed E-state index contributed by atoms with van der Waals surface area (Å²) in [5.74, 6) is 1.76. The molecular weight excluding hydrogens is 390 g/mol. The van der Waals surface area contributed by atoms with Crippen molar-refractivity contribution in [3.63, 3.8) is 0 Å². The first kappa shape index (κ1) is 21.3. The first-order valence-corrected chi connectivity index (χ1v) is 11.0. The van der Waals surface area contributed by atoms with Crippen molar-refractivity contribution in [2.24, 2.45) is 0 Å². The van der Waals surface area contributed by atoms with Gasteiger partial charge in [0, 0.05) is 18.0 Å². The number of amides is 1. The van der Waals surface area contributed by atoms with Crippen LogP contribution < -0.4 is 19.4 Å². The maximum Gasteiger partial charge on any atom is 0.282 e. The molecule has 2 aliphatic rings. The van der Waals surface area contributed by atoms with Gasteiger partial charge in [0.05, 0.1) is 44.0 Å². The number of benzene rings is 1. The highest BCUT2D eigenvalue weighted by Crippen LogP contribution is 2.40. The lowest BCUT2D eigenvalue weighted by atomic mass is 9.88. The molecule has 0 atom stereocenters. The molecule has 2 aliphatic heterocycles. The summed E-state index contributed by atoms with van der Waals surface area (Å²) in [6.07, 6.45) is 5.73. The predicted molar refractivity (Wildman–Crippen MR) is 123 cm³/mol. The third-order valence-electron chi connectivity index (χ3n) is 6.05. The van der Waals surface area contributed by atoms with E-state index in [1.54, 1.807) is 12.4 Å². The van der Waals surface area contributed by atoms with Crippen LogP contribution in [-0.4, -0.2) is 60.7 Å². The van der Waals surface area contributed by atoms with Crippen LogP contribution >= 0.6 is 0 Å². The van der Waals surface area contributed by atoms with Gasteiger partial charge in [-0.2, -0.15) is 0 Å². The Morgan fingerprint density at radius 1 is 1.19 bits per heavy atom.